The molecule has 1 unspecified atom stereocenters. The number of fused-ring (bicyclic) bond motifs is 2. The van der Waals surface area contributed by atoms with Gasteiger partial charge in [0.1, 0.15) is 23.4 Å². The molecule has 1 saturated carbocycles. The second kappa shape index (κ2) is 5.76. The summed E-state index contributed by atoms with van der Waals surface area (Å²) >= 11 is 0. The van der Waals surface area contributed by atoms with Crippen molar-refractivity contribution in [3.05, 3.63) is 36.7 Å². The Morgan fingerprint density at radius 1 is 1.33 bits per heavy atom. The number of nitrogen functional groups attached to an aromatic ring is 1. The molecule has 27 heavy (non-hydrogen) atoms. The molecule has 0 spiro atoms. The molecule has 9 nitrogen and oxygen atoms in total. The largest absolute Gasteiger partial charge is 0.440 e. The number of amides is 1. The first-order valence-corrected chi connectivity index (χ1v) is 8.74. The van der Waals surface area contributed by atoms with Gasteiger partial charge in [0, 0.05) is 17.7 Å². The van der Waals surface area contributed by atoms with Crippen LogP contribution in [0.4, 0.5) is 11.5 Å². The maximum atomic E-state index is 12.7. The van der Waals surface area contributed by atoms with Crippen LogP contribution in [-0.4, -0.2) is 30.4 Å². The Balaban J connectivity index is 1.40. The van der Waals surface area contributed by atoms with Gasteiger partial charge < -0.3 is 20.0 Å². The van der Waals surface area contributed by atoms with Crippen LogP contribution < -0.4 is 11.1 Å². The predicted octanol–water partition coefficient (Wildman–Crippen LogP) is 2.63. The average Bonchev–Trinajstić information content (AvgIpc) is 3.28. The fraction of sp³-hybridized carbons (Fsp3) is 0.278. The summed E-state index contributed by atoms with van der Waals surface area (Å²) in [7, 11) is 0. The molecular formula is C18H17N7O2. The first-order chi connectivity index (χ1) is 13.1. The maximum absolute atomic E-state index is 12.7. The van der Waals surface area contributed by atoms with Gasteiger partial charge in [-0.25, -0.2) is 19.9 Å². The highest BCUT2D eigenvalue weighted by molar-refractivity contribution is 5.96. The van der Waals surface area contributed by atoms with Crippen molar-refractivity contribution < 1.29 is 9.21 Å². The van der Waals surface area contributed by atoms with Crippen LogP contribution in [0.25, 0.3) is 22.3 Å². The Labute approximate surface area is 153 Å². The van der Waals surface area contributed by atoms with Gasteiger partial charge >= 0.3 is 0 Å². The smallest absolute Gasteiger partial charge is 0.247 e. The number of hydrogen-bond acceptors (Lipinski definition) is 7. The Kier molecular flexibility index (Phi) is 3.36. The van der Waals surface area contributed by atoms with Gasteiger partial charge in [0.2, 0.25) is 5.91 Å². The molecule has 3 aromatic heterocycles. The number of anilines is 2. The van der Waals surface area contributed by atoms with E-state index in [0.717, 1.165) is 24.2 Å². The van der Waals surface area contributed by atoms with E-state index in [1.54, 1.807) is 23.9 Å². The number of carbonyl (C=O) groups is 1. The summed E-state index contributed by atoms with van der Waals surface area (Å²) in [6.07, 6.45) is 5.15. The van der Waals surface area contributed by atoms with Crippen molar-refractivity contribution in [1.82, 2.24) is 24.5 Å². The third-order valence-corrected chi connectivity index (χ3v) is 4.78. The molecule has 1 fully saturated rings. The van der Waals surface area contributed by atoms with Crippen LogP contribution in [0.2, 0.25) is 0 Å². The molecular weight excluding hydrogens is 346 g/mol. The van der Waals surface area contributed by atoms with E-state index in [-0.39, 0.29) is 11.7 Å². The van der Waals surface area contributed by atoms with Gasteiger partial charge in [-0.2, -0.15) is 0 Å². The van der Waals surface area contributed by atoms with Crippen LogP contribution in [0.3, 0.4) is 0 Å². The lowest BCUT2D eigenvalue weighted by Crippen LogP contribution is -2.23. The average molecular weight is 363 g/mol. The van der Waals surface area contributed by atoms with Crippen molar-refractivity contribution in [2.75, 3.05) is 11.1 Å². The highest BCUT2D eigenvalue weighted by atomic mass is 16.3. The normalized spacial score (nSPS) is 15.3. The third-order valence-electron chi connectivity index (χ3n) is 4.78. The molecule has 0 saturated heterocycles. The number of oxazole rings is 1. The van der Waals surface area contributed by atoms with Gasteiger partial charge in [0.25, 0.3) is 0 Å². The summed E-state index contributed by atoms with van der Waals surface area (Å²) < 4.78 is 7.48. The minimum atomic E-state index is -0.531. The van der Waals surface area contributed by atoms with Crippen LogP contribution in [0.15, 0.2) is 35.3 Å². The molecule has 5 rings (SSSR count). The Morgan fingerprint density at radius 2 is 2.19 bits per heavy atom. The van der Waals surface area contributed by atoms with Crippen molar-refractivity contribution in [2.24, 2.45) is 0 Å². The minimum absolute atomic E-state index is 0.201. The summed E-state index contributed by atoms with van der Waals surface area (Å²) in [5.41, 5.74) is 8.93. The van der Waals surface area contributed by atoms with Crippen molar-refractivity contribution in [2.45, 2.75) is 31.7 Å². The van der Waals surface area contributed by atoms with E-state index < -0.39 is 6.04 Å². The topological polar surface area (TPSA) is 125 Å². The van der Waals surface area contributed by atoms with Gasteiger partial charge in [-0.1, -0.05) is 0 Å². The van der Waals surface area contributed by atoms with E-state index >= 15 is 0 Å². The van der Waals surface area contributed by atoms with Gasteiger partial charge in [-0.3, -0.25) is 4.79 Å². The lowest BCUT2D eigenvalue weighted by molar-refractivity contribution is -0.118. The van der Waals surface area contributed by atoms with Gasteiger partial charge in [0.15, 0.2) is 22.9 Å². The van der Waals surface area contributed by atoms with E-state index in [9.17, 15) is 4.79 Å². The van der Waals surface area contributed by atoms with Gasteiger partial charge in [0.05, 0.1) is 6.33 Å². The zero-order chi connectivity index (χ0) is 18.5. The highest BCUT2D eigenvalue weighted by Crippen LogP contribution is 2.40. The number of rotatable bonds is 4. The molecule has 9 heteroatoms. The number of carbonyl (C=O) groups excluding carboxylic acids is 1. The minimum Gasteiger partial charge on any atom is -0.440 e. The van der Waals surface area contributed by atoms with Crippen molar-refractivity contribution in [1.29, 1.82) is 0 Å². The SMILES string of the molecule is CC(C(=O)Nc1ccc2nc(C3CC3)oc2c1)n1cnc2c(N)ncnc21. The fourth-order valence-corrected chi connectivity index (χ4v) is 3.05. The fourth-order valence-electron chi connectivity index (χ4n) is 3.05. The zero-order valence-corrected chi connectivity index (χ0v) is 14.6. The van der Waals surface area contributed by atoms with Crippen LogP contribution in [0, 0.1) is 0 Å². The summed E-state index contributed by atoms with van der Waals surface area (Å²) in [4.78, 5) is 29.5. The van der Waals surface area contributed by atoms with E-state index in [1.807, 2.05) is 12.1 Å². The molecule has 0 radical (unpaired) electrons. The van der Waals surface area contributed by atoms with E-state index in [1.165, 1.54) is 6.33 Å². The van der Waals surface area contributed by atoms with Crippen LogP contribution in [-0.2, 0) is 4.79 Å². The maximum Gasteiger partial charge on any atom is 0.247 e. The number of nitrogens with zero attached hydrogens (tertiary/aromatic N) is 5. The Bertz CT molecular complexity index is 1180. The second-order valence-electron chi connectivity index (χ2n) is 6.76. The molecule has 4 aromatic rings. The highest BCUT2D eigenvalue weighted by Gasteiger charge is 2.29. The van der Waals surface area contributed by atoms with Crippen LogP contribution in [0.1, 0.15) is 37.6 Å². The van der Waals surface area contributed by atoms with Crippen molar-refractivity contribution in [3.8, 4) is 0 Å². The lowest BCUT2D eigenvalue weighted by atomic mass is 10.2. The van der Waals surface area contributed by atoms with Gasteiger partial charge in [-0.15, -0.1) is 0 Å². The van der Waals surface area contributed by atoms with Crippen molar-refractivity contribution >= 4 is 39.7 Å². The van der Waals surface area contributed by atoms with E-state index in [4.69, 9.17) is 10.2 Å². The summed E-state index contributed by atoms with van der Waals surface area (Å²) in [5.74, 6) is 1.31. The number of nitrogens with one attached hydrogen (secondary N) is 1. The number of hydrogen-bond donors (Lipinski definition) is 2. The molecule has 1 aromatic carbocycles. The number of benzene rings is 1. The Morgan fingerprint density at radius 3 is 3.00 bits per heavy atom. The number of imidazole rings is 1. The van der Waals surface area contributed by atoms with Crippen molar-refractivity contribution in [3.63, 3.8) is 0 Å². The third kappa shape index (κ3) is 2.67. The summed E-state index contributed by atoms with van der Waals surface area (Å²) in [6, 6.07) is 4.94. The van der Waals surface area contributed by atoms with Crippen LogP contribution >= 0.6 is 0 Å². The first-order valence-electron chi connectivity index (χ1n) is 8.74. The molecule has 1 aliphatic rings. The number of aromatic nitrogens is 5. The molecule has 3 heterocycles. The number of nitrogens with two attached hydrogens (primary N) is 1. The summed E-state index contributed by atoms with van der Waals surface area (Å²) in [6.45, 7) is 1.77. The molecule has 1 amide bonds. The predicted molar refractivity (Wildman–Crippen MR) is 99.1 cm³/mol. The monoisotopic (exact) mass is 363 g/mol. The molecule has 0 aliphatic heterocycles. The molecule has 136 valence electrons. The second-order valence-corrected chi connectivity index (χ2v) is 6.76. The zero-order valence-electron chi connectivity index (χ0n) is 14.6. The lowest BCUT2D eigenvalue weighted by Gasteiger charge is -2.14. The molecule has 0 bridgehead atoms. The van der Waals surface area contributed by atoms with Gasteiger partial charge in [-0.05, 0) is 31.9 Å². The van der Waals surface area contributed by atoms with E-state index in [0.29, 0.717) is 28.4 Å². The molecule has 1 atom stereocenters. The molecule has 1 aliphatic carbocycles. The molecule has 3 N–H and O–H groups in total. The quantitative estimate of drug-likeness (QED) is 0.571. The first kappa shape index (κ1) is 15.7. The van der Waals surface area contributed by atoms with Crippen LogP contribution in [0.5, 0.6) is 0 Å². The summed E-state index contributed by atoms with van der Waals surface area (Å²) in [5, 5.41) is 2.91. The standard InChI is InChI=1S/C18H17N7O2/c1-9(25-8-22-14-15(19)20-7-21-16(14)25)17(26)23-11-4-5-12-13(6-11)27-18(24-12)10-2-3-10/h4-10H,2-3H2,1H3,(H,23,26)(H2,19,20,21). The Hall–Kier alpha value is -3.49. The van der Waals surface area contributed by atoms with E-state index in [2.05, 4.69) is 25.3 Å².